The van der Waals surface area contributed by atoms with E-state index in [2.05, 4.69) is 0 Å². The van der Waals surface area contributed by atoms with Crippen LogP contribution in [0.15, 0.2) is 24.3 Å². The molecule has 0 aromatic heterocycles. The lowest BCUT2D eigenvalue weighted by molar-refractivity contribution is -0.376. The van der Waals surface area contributed by atoms with Gasteiger partial charge in [-0.2, -0.15) is 26.3 Å². The first-order valence-corrected chi connectivity index (χ1v) is 5.31. The van der Waals surface area contributed by atoms with Crippen molar-refractivity contribution in [1.82, 2.24) is 5.32 Å². The lowest BCUT2D eigenvalue weighted by Crippen LogP contribution is -2.53. The van der Waals surface area contributed by atoms with E-state index in [-0.39, 0.29) is 12.1 Å². The number of carboxylic acid groups (broad SMARTS) is 1. The maximum atomic E-state index is 12.6. The van der Waals surface area contributed by atoms with Crippen LogP contribution in [-0.4, -0.2) is 28.7 Å². The van der Waals surface area contributed by atoms with E-state index >= 15 is 0 Å². The fourth-order valence-electron chi connectivity index (χ4n) is 1.53. The first kappa shape index (κ1) is 17.1. The molecule has 0 aliphatic heterocycles. The maximum absolute atomic E-state index is 12.6. The Morgan fingerprint density at radius 2 is 1.43 bits per heavy atom. The highest BCUT2D eigenvalue weighted by atomic mass is 19.4. The molecule has 0 saturated carbocycles. The van der Waals surface area contributed by atoms with Gasteiger partial charge in [0.25, 0.3) is 5.60 Å². The van der Waals surface area contributed by atoms with Gasteiger partial charge in [0.15, 0.2) is 0 Å². The molecule has 10 heteroatoms. The average molecular weight is 317 g/mol. The second-order valence-corrected chi connectivity index (χ2v) is 4.06. The van der Waals surface area contributed by atoms with E-state index in [1.807, 2.05) is 5.32 Å². The van der Waals surface area contributed by atoms with E-state index in [4.69, 9.17) is 10.2 Å². The van der Waals surface area contributed by atoms with Gasteiger partial charge in [-0.05, 0) is 5.56 Å². The van der Waals surface area contributed by atoms with Gasteiger partial charge in [0.2, 0.25) is 0 Å². The lowest BCUT2D eigenvalue weighted by atomic mass is 9.91. The number of hydrogen-bond acceptors (Lipinski definition) is 2. The number of halogens is 6. The van der Waals surface area contributed by atoms with E-state index in [0.29, 0.717) is 12.1 Å². The van der Waals surface area contributed by atoms with Gasteiger partial charge in [-0.1, -0.05) is 24.3 Å². The van der Waals surface area contributed by atoms with Crippen LogP contribution in [-0.2, 0) is 12.1 Å². The zero-order valence-electron chi connectivity index (χ0n) is 10.1. The van der Waals surface area contributed by atoms with Crippen LogP contribution in [0.5, 0.6) is 0 Å². The van der Waals surface area contributed by atoms with Crippen molar-refractivity contribution in [2.75, 3.05) is 0 Å². The zero-order valence-corrected chi connectivity index (χ0v) is 10.1. The molecule has 1 aromatic rings. The largest absolute Gasteiger partial charge is 0.465 e. The summed E-state index contributed by atoms with van der Waals surface area (Å²) in [5.41, 5.74) is -6.26. The van der Waals surface area contributed by atoms with Gasteiger partial charge in [-0.15, -0.1) is 0 Å². The Hall–Kier alpha value is -1.97. The minimum Gasteiger partial charge on any atom is -0.465 e. The summed E-state index contributed by atoms with van der Waals surface area (Å²) in [6.07, 6.45) is -13.3. The van der Waals surface area contributed by atoms with Crippen LogP contribution >= 0.6 is 0 Å². The van der Waals surface area contributed by atoms with Crippen molar-refractivity contribution in [2.45, 2.75) is 24.5 Å². The third kappa shape index (κ3) is 3.38. The predicted octanol–water partition coefficient (Wildman–Crippen LogP) is 2.77. The number of benzene rings is 1. The fraction of sp³-hybridized carbons (Fsp3) is 0.364. The third-order valence-electron chi connectivity index (χ3n) is 2.64. The van der Waals surface area contributed by atoms with E-state index in [1.165, 1.54) is 0 Å². The monoisotopic (exact) mass is 317 g/mol. The summed E-state index contributed by atoms with van der Waals surface area (Å²) in [6.45, 7) is -0.300. The van der Waals surface area contributed by atoms with E-state index in [1.54, 1.807) is 0 Å². The number of amides is 1. The Labute approximate surface area is 114 Å². The Kier molecular flexibility index (Phi) is 4.42. The molecule has 0 fully saturated rings. The Bertz CT molecular complexity index is 494. The normalized spacial score (nSPS) is 13.1. The van der Waals surface area contributed by atoms with E-state index in [9.17, 15) is 31.1 Å². The molecule has 1 amide bonds. The molecule has 0 saturated heterocycles. The van der Waals surface area contributed by atoms with Gasteiger partial charge >= 0.3 is 18.4 Å². The van der Waals surface area contributed by atoms with Crippen LogP contribution in [0.25, 0.3) is 0 Å². The molecule has 1 aromatic carbocycles. The molecule has 0 unspecified atom stereocenters. The summed E-state index contributed by atoms with van der Waals surface area (Å²) in [4.78, 5) is 10.2. The van der Waals surface area contributed by atoms with Crippen molar-refractivity contribution in [2.24, 2.45) is 0 Å². The van der Waals surface area contributed by atoms with E-state index < -0.39 is 29.6 Å². The zero-order chi connectivity index (χ0) is 16.5. The quantitative estimate of drug-likeness (QED) is 0.751. The average Bonchev–Trinajstić information content (AvgIpc) is 2.33. The number of carbonyl (C=O) groups is 1. The minimum atomic E-state index is -5.95. The molecule has 3 N–H and O–H groups in total. The lowest BCUT2D eigenvalue weighted by Gasteiger charge is -2.32. The number of nitrogens with one attached hydrogen (secondary N) is 1. The molecule has 0 spiro atoms. The molecule has 4 nitrogen and oxygen atoms in total. The van der Waals surface area contributed by atoms with Crippen LogP contribution in [0.2, 0.25) is 0 Å². The number of alkyl halides is 6. The summed E-state index contributed by atoms with van der Waals surface area (Å²) in [6, 6.07) is 2.60. The SMILES string of the molecule is O=C(O)NCc1ccc(C(O)(C(F)(F)F)C(F)(F)F)cc1. The summed E-state index contributed by atoms with van der Waals surface area (Å²) < 4.78 is 75.5. The van der Waals surface area contributed by atoms with Crippen LogP contribution in [0, 0.1) is 0 Å². The number of hydrogen-bond donors (Lipinski definition) is 3. The molecule has 0 aliphatic rings. The second kappa shape index (κ2) is 5.43. The summed E-state index contributed by atoms with van der Waals surface area (Å²) in [5.74, 6) is 0. The van der Waals surface area contributed by atoms with Crippen molar-refractivity contribution in [3.05, 3.63) is 35.4 Å². The molecule has 118 valence electrons. The maximum Gasteiger partial charge on any atom is 0.430 e. The smallest absolute Gasteiger partial charge is 0.430 e. The highest BCUT2D eigenvalue weighted by Crippen LogP contribution is 2.49. The highest BCUT2D eigenvalue weighted by Gasteiger charge is 2.71. The number of aliphatic hydroxyl groups is 1. The van der Waals surface area contributed by atoms with Gasteiger partial charge in [-0.25, -0.2) is 4.79 Å². The minimum absolute atomic E-state index is 0.132. The molecular formula is C11H9F6NO3. The van der Waals surface area contributed by atoms with Crippen molar-refractivity contribution in [3.8, 4) is 0 Å². The van der Waals surface area contributed by atoms with Crippen LogP contribution in [0.4, 0.5) is 31.1 Å². The van der Waals surface area contributed by atoms with Crippen molar-refractivity contribution < 1.29 is 41.4 Å². The Morgan fingerprint density at radius 1 is 1.00 bits per heavy atom. The summed E-state index contributed by atoms with van der Waals surface area (Å²) in [5, 5.41) is 19.3. The topological polar surface area (TPSA) is 69.6 Å². The molecule has 0 atom stereocenters. The van der Waals surface area contributed by atoms with Crippen LogP contribution in [0.3, 0.4) is 0 Å². The Morgan fingerprint density at radius 3 is 1.76 bits per heavy atom. The molecule has 0 aliphatic carbocycles. The van der Waals surface area contributed by atoms with Gasteiger partial charge in [0, 0.05) is 12.1 Å². The standard InChI is InChI=1S/C11H9F6NO3/c12-10(13,14)9(21,11(15,16)17)7-3-1-6(2-4-7)5-18-8(19)20/h1-4,18,21H,5H2,(H,19,20). The predicted molar refractivity (Wildman–Crippen MR) is 57.3 cm³/mol. The fourth-order valence-corrected chi connectivity index (χ4v) is 1.53. The molecule has 0 bridgehead atoms. The van der Waals surface area contributed by atoms with Gasteiger partial charge in [0.05, 0.1) is 0 Å². The van der Waals surface area contributed by atoms with Crippen LogP contribution < -0.4 is 5.32 Å². The van der Waals surface area contributed by atoms with Crippen molar-refractivity contribution >= 4 is 6.09 Å². The van der Waals surface area contributed by atoms with Gasteiger partial charge < -0.3 is 15.5 Å². The van der Waals surface area contributed by atoms with Crippen molar-refractivity contribution in [3.63, 3.8) is 0 Å². The van der Waals surface area contributed by atoms with Crippen LogP contribution in [0.1, 0.15) is 11.1 Å². The summed E-state index contributed by atoms with van der Waals surface area (Å²) >= 11 is 0. The molecular weight excluding hydrogens is 308 g/mol. The molecule has 0 radical (unpaired) electrons. The molecule has 1 rings (SSSR count). The molecule has 0 heterocycles. The third-order valence-corrected chi connectivity index (χ3v) is 2.64. The highest BCUT2D eigenvalue weighted by molar-refractivity contribution is 5.64. The van der Waals surface area contributed by atoms with Crippen molar-refractivity contribution in [1.29, 1.82) is 0 Å². The first-order valence-electron chi connectivity index (χ1n) is 5.31. The van der Waals surface area contributed by atoms with Gasteiger partial charge in [0.1, 0.15) is 0 Å². The number of rotatable bonds is 3. The summed E-state index contributed by atoms with van der Waals surface area (Å²) in [7, 11) is 0. The van der Waals surface area contributed by atoms with Gasteiger partial charge in [-0.3, -0.25) is 0 Å². The second-order valence-electron chi connectivity index (χ2n) is 4.06. The van der Waals surface area contributed by atoms with E-state index in [0.717, 1.165) is 12.1 Å². The first-order chi connectivity index (χ1) is 9.39. The molecule has 21 heavy (non-hydrogen) atoms. The Balaban J connectivity index is 3.15.